The van der Waals surface area contributed by atoms with Crippen LogP contribution in [0.4, 0.5) is 0 Å². The number of nitrogens with zero attached hydrogens (tertiary/aromatic N) is 2. The molecule has 1 aliphatic rings. The molecule has 1 aliphatic heterocycles. The minimum atomic E-state index is 0.395. The molecule has 1 saturated heterocycles. The summed E-state index contributed by atoms with van der Waals surface area (Å²) in [5.41, 5.74) is 2.64. The molecule has 14 heavy (non-hydrogen) atoms. The highest BCUT2D eigenvalue weighted by atomic mass is 16.5. The van der Waals surface area contributed by atoms with Crippen LogP contribution in [0, 0.1) is 0 Å². The number of guanidine groups is 1. The van der Waals surface area contributed by atoms with Crippen LogP contribution >= 0.6 is 0 Å². The predicted octanol–water partition coefficient (Wildman–Crippen LogP) is -0.0636. The Hall–Kier alpha value is -0.810. The van der Waals surface area contributed by atoms with Crippen molar-refractivity contribution in [2.45, 2.75) is 25.9 Å². The number of likely N-dealkylation sites (tertiary alicyclic amines) is 1. The third-order valence-corrected chi connectivity index (χ3v) is 2.51. The van der Waals surface area contributed by atoms with Crippen molar-refractivity contribution in [1.82, 2.24) is 10.3 Å². The van der Waals surface area contributed by atoms with Crippen LogP contribution in [0.25, 0.3) is 0 Å². The zero-order valence-corrected chi connectivity index (χ0v) is 8.99. The lowest BCUT2D eigenvalue weighted by Crippen LogP contribution is -2.49. The van der Waals surface area contributed by atoms with Gasteiger partial charge in [0.25, 0.3) is 0 Å². The fourth-order valence-electron chi connectivity index (χ4n) is 1.69. The largest absolute Gasteiger partial charge is 0.381 e. The summed E-state index contributed by atoms with van der Waals surface area (Å²) in [6, 6.07) is 0. The molecule has 0 aromatic carbocycles. The summed E-state index contributed by atoms with van der Waals surface area (Å²) in [4.78, 5) is 6.45. The Morgan fingerprint density at radius 1 is 1.57 bits per heavy atom. The Labute approximate surface area is 85.3 Å². The molecule has 0 aliphatic carbocycles. The number of aliphatic imine (C=N–C) groups is 1. The summed E-state index contributed by atoms with van der Waals surface area (Å²) in [5.74, 6) is 6.20. The predicted molar refractivity (Wildman–Crippen MR) is 56.9 cm³/mol. The average molecular weight is 200 g/mol. The SMILES string of the molecule is CCN=C(NN)N1CCC(OC)CC1. The van der Waals surface area contributed by atoms with Gasteiger partial charge in [-0.3, -0.25) is 10.4 Å². The average Bonchev–Trinajstić information content (AvgIpc) is 2.26. The van der Waals surface area contributed by atoms with Gasteiger partial charge in [-0.25, -0.2) is 5.84 Å². The lowest BCUT2D eigenvalue weighted by Gasteiger charge is -2.32. The zero-order valence-electron chi connectivity index (χ0n) is 8.99. The Kier molecular flexibility index (Phi) is 4.69. The van der Waals surface area contributed by atoms with Crippen LogP contribution in [0.3, 0.4) is 0 Å². The van der Waals surface area contributed by atoms with Crippen molar-refractivity contribution in [1.29, 1.82) is 0 Å². The van der Waals surface area contributed by atoms with Gasteiger partial charge in [0, 0.05) is 26.7 Å². The monoisotopic (exact) mass is 200 g/mol. The molecule has 82 valence electrons. The second-order valence-corrected chi connectivity index (χ2v) is 3.36. The summed E-state index contributed by atoms with van der Waals surface area (Å²) in [6.07, 6.45) is 2.48. The van der Waals surface area contributed by atoms with Gasteiger partial charge in [-0.2, -0.15) is 0 Å². The summed E-state index contributed by atoms with van der Waals surface area (Å²) in [6.45, 7) is 4.67. The van der Waals surface area contributed by atoms with Crippen LogP contribution in [0.5, 0.6) is 0 Å². The van der Waals surface area contributed by atoms with Gasteiger partial charge >= 0.3 is 0 Å². The smallest absolute Gasteiger partial charge is 0.208 e. The Morgan fingerprint density at radius 3 is 2.64 bits per heavy atom. The maximum absolute atomic E-state index is 5.40. The van der Waals surface area contributed by atoms with Crippen LogP contribution in [0.15, 0.2) is 4.99 Å². The van der Waals surface area contributed by atoms with Crippen molar-refractivity contribution in [2.75, 3.05) is 26.7 Å². The first-order chi connectivity index (χ1) is 6.81. The minimum absolute atomic E-state index is 0.395. The topological polar surface area (TPSA) is 62.9 Å². The molecule has 1 fully saturated rings. The van der Waals surface area contributed by atoms with E-state index in [9.17, 15) is 0 Å². The van der Waals surface area contributed by atoms with E-state index < -0.39 is 0 Å². The summed E-state index contributed by atoms with van der Waals surface area (Å²) in [5, 5.41) is 0. The summed E-state index contributed by atoms with van der Waals surface area (Å²) >= 11 is 0. The van der Waals surface area contributed by atoms with Crippen molar-refractivity contribution < 1.29 is 4.74 Å². The third kappa shape index (κ3) is 2.85. The number of piperidine rings is 1. The number of hydrogen-bond acceptors (Lipinski definition) is 3. The quantitative estimate of drug-likeness (QED) is 0.284. The van der Waals surface area contributed by atoms with E-state index in [0.717, 1.165) is 38.4 Å². The van der Waals surface area contributed by atoms with E-state index in [0.29, 0.717) is 6.10 Å². The molecular weight excluding hydrogens is 180 g/mol. The molecule has 5 nitrogen and oxygen atoms in total. The molecule has 0 bridgehead atoms. The molecule has 0 saturated carbocycles. The molecule has 0 spiro atoms. The van der Waals surface area contributed by atoms with E-state index in [2.05, 4.69) is 15.3 Å². The van der Waals surface area contributed by atoms with Crippen molar-refractivity contribution in [3.63, 3.8) is 0 Å². The van der Waals surface area contributed by atoms with E-state index in [-0.39, 0.29) is 0 Å². The van der Waals surface area contributed by atoms with E-state index >= 15 is 0 Å². The fraction of sp³-hybridized carbons (Fsp3) is 0.889. The lowest BCUT2D eigenvalue weighted by atomic mass is 10.1. The Morgan fingerprint density at radius 2 is 2.21 bits per heavy atom. The zero-order chi connectivity index (χ0) is 10.4. The van der Waals surface area contributed by atoms with Crippen molar-refractivity contribution in [3.8, 4) is 0 Å². The highest BCUT2D eigenvalue weighted by molar-refractivity contribution is 5.79. The van der Waals surface area contributed by atoms with Crippen LogP contribution in [-0.2, 0) is 4.74 Å². The second kappa shape index (κ2) is 5.82. The molecule has 0 aromatic rings. The minimum Gasteiger partial charge on any atom is -0.381 e. The Bertz CT molecular complexity index is 187. The molecule has 0 radical (unpaired) electrons. The van der Waals surface area contributed by atoms with Gasteiger partial charge < -0.3 is 9.64 Å². The molecule has 3 N–H and O–H groups in total. The van der Waals surface area contributed by atoms with E-state index in [1.807, 2.05) is 6.92 Å². The van der Waals surface area contributed by atoms with Gasteiger partial charge in [0.15, 0.2) is 0 Å². The second-order valence-electron chi connectivity index (χ2n) is 3.36. The summed E-state index contributed by atoms with van der Waals surface area (Å²) in [7, 11) is 1.77. The van der Waals surface area contributed by atoms with Gasteiger partial charge in [0.05, 0.1) is 6.10 Å². The molecule has 0 aromatic heterocycles. The first-order valence-corrected chi connectivity index (χ1v) is 5.10. The van der Waals surface area contributed by atoms with E-state index in [1.54, 1.807) is 7.11 Å². The highest BCUT2D eigenvalue weighted by Crippen LogP contribution is 2.12. The van der Waals surface area contributed by atoms with Gasteiger partial charge in [0.2, 0.25) is 5.96 Å². The first-order valence-electron chi connectivity index (χ1n) is 5.10. The van der Waals surface area contributed by atoms with Gasteiger partial charge in [0.1, 0.15) is 0 Å². The Balaban J connectivity index is 2.43. The lowest BCUT2D eigenvalue weighted by molar-refractivity contribution is 0.0571. The number of nitrogens with two attached hydrogens (primary N) is 1. The maximum atomic E-state index is 5.40. The molecule has 5 heteroatoms. The molecule has 0 unspecified atom stereocenters. The van der Waals surface area contributed by atoms with Crippen LogP contribution in [0.1, 0.15) is 19.8 Å². The molecule has 0 atom stereocenters. The van der Waals surface area contributed by atoms with Crippen LogP contribution < -0.4 is 11.3 Å². The van der Waals surface area contributed by atoms with Crippen molar-refractivity contribution in [3.05, 3.63) is 0 Å². The van der Waals surface area contributed by atoms with Crippen molar-refractivity contribution >= 4 is 5.96 Å². The first kappa shape index (κ1) is 11.3. The van der Waals surface area contributed by atoms with Crippen LogP contribution in [-0.4, -0.2) is 43.7 Å². The standard InChI is InChI=1S/C9H20N4O/c1-3-11-9(12-10)13-6-4-8(14-2)5-7-13/h8H,3-7,10H2,1-2H3,(H,11,12). The van der Waals surface area contributed by atoms with E-state index in [4.69, 9.17) is 10.6 Å². The number of hydrazine groups is 1. The molecular formula is C9H20N4O. The number of rotatable bonds is 2. The molecule has 1 rings (SSSR count). The van der Waals surface area contributed by atoms with Gasteiger partial charge in [-0.05, 0) is 19.8 Å². The van der Waals surface area contributed by atoms with Crippen molar-refractivity contribution in [2.24, 2.45) is 10.8 Å². The van der Waals surface area contributed by atoms with Gasteiger partial charge in [-0.1, -0.05) is 0 Å². The fourth-order valence-corrected chi connectivity index (χ4v) is 1.69. The third-order valence-electron chi connectivity index (χ3n) is 2.51. The number of nitrogens with one attached hydrogen (secondary N) is 1. The number of hydrogen-bond donors (Lipinski definition) is 2. The normalized spacial score (nSPS) is 19.9. The van der Waals surface area contributed by atoms with Gasteiger partial charge in [-0.15, -0.1) is 0 Å². The number of methoxy groups -OCH3 is 1. The highest BCUT2D eigenvalue weighted by Gasteiger charge is 2.20. The van der Waals surface area contributed by atoms with Crippen LogP contribution in [0.2, 0.25) is 0 Å². The summed E-state index contributed by atoms with van der Waals surface area (Å²) < 4.78 is 5.29. The number of ether oxygens (including phenoxy) is 1. The van der Waals surface area contributed by atoms with E-state index in [1.165, 1.54) is 0 Å². The molecule has 0 amide bonds. The molecule has 1 heterocycles. The maximum Gasteiger partial charge on any atom is 0.208 e.